The van der Waals surface area contributed by atoms with E-state index in [2.05, 4.69) is 18.7 Å². The van der Waals surface area contributed by atoms with Crippen molar-refractivity contribution in [3.8, 4) is 0 Å². The first-order valence-corrected chi connectivity index (χ1v) is 3.53. The Morgan fingerprint density at radius 1 is 1.67 bits per heavy atom. The summed E-state index contributed by atoms with van der Waals surface area (Å²) in [4.78, 5) is 2.09. The first-order chi connectivity index (χ1) is 4.08. The molecule has 1 N–H and O–H groups in total. The summed E-state index contributed by atoms with van der Waals surface area (Å²) in [5, 5.41) is 9.26. The lowest BCUT2D eigenvalue weighted by Gasteiger charge is -2.11. The van der Waals surface area contributed by atoms with Gasteiger partial charge in [-0.05, 0) is 20.3 Å². The fourth-order valence-electron chi connectivity index (χ4n) is 1.11. The molecule has 1 rings (SSSR count). The molecule has 54 valence electrons. The molecule has 1 fully saturated rings. The molecule has 1 saturated heterocycles. The fourth-order valence-corrected chi connectivity index (χ4v) is 1.11. The van der Waals surface area contributed by atoms with Crippen molar-refractivity contribution >= 4 is 0 Å². The Hall–Kier alpha value is -0.0800. The van der Waals surface area contributed by atoms with Gasteiger partial charge in [0.15, 0.2) is 0 Å². The maximum absolute atomic E-state index is 9.26. The third-order valence-electron chi connectivity index (χ3n) is 1.96. The molecule has 1 aliphatic heterocycles. The summed E-state index contributed by atoms with van der Waals surface area (Å²) in [6, 6.07) is 0. The van der Waals surface area contributed by atoms with Crippen LogP contribution in [0.1, 0.15) is 27.2 Å². The molecule has 0 aromatic heterocycles. The predicted octanol–water partition coefficient (Wildman–Crippen LogP) is 0.809. The minimum absolute atomic E-state index is 0.208. The lowest BCUT2D eigenvalue weighted by molar-refractivity contribution is 0.0594. The van der Waals surface area contributed by atoms with E-state index in [1.54, 1.807) is 0 Å². The van der Waals surface area contributed by atoms with Crippen molar-refractivity contribution in [2.24, 2.45) is 0 Å². The molecule has 0 spiro atoms. The Labute approximate surface area is 56.5 Å². The molecule has 0 radical (unpaired) electrons. The van der Waals surface area contributed by atoms with Gasteiger partial charge in [0.1, 0.15) is 6.23 Å². The number of nitrogens with zero attached hydrogens (tertiary/aromatic N) is 1. The van der Waals surface area contributed by atoms with Gasteiger partial charge >= 0.3 is 0 Å². The molecular weight excluding hydrogens is 114 g/mol. The van der Waals surface area contributed by atoms with Crippen molar-refractivity contribution in [1.82, 2.24) is 4.90 Å². The normalized spacial score (nSPS) is 34.0. The van der Waals surface area contributed by atoms with Crippen molar-refractivity contribution in [3.63, 3.8) is 0 Å². The zero-order valence-electron chi connectivity index (χ0n) is 6.39. The summed E-state index contributed by atoms with van der Waals surface area (Å²) in [6.45, 7) is 7.33. The van der Waals surface area contributed by atoms with Crippen LogP contribution >= 0.6 is 0 Å². The monoisotopic (exact) mass is 129 g/mol. The third kappa shape index (κ3) is 1.25. The molecule has 1 heterocycles. The van der Waals surface area contributed by atoms with E-state index in [9.17, 15) is 5.11 Å². The average Bonchev–Trinajstić information content (AvgIpc) is 2.38. The maximum atomic E-state index is 9.26. The molecule has 2 heteroatoms. The van der Waals surface area contributed by atoms with Gasteiger partial charge in [0.25, 0.3) is 0 Å². The number of hydrogen-bond donors (Lipinski definition) is 1. The quantitative estimate of drug-likeness (QED) is 0.558. The van der Waals surface area contributed by atoms with Gasteiger partial charge in [-0.25, -0.2) is 0 Å². The highest BCUT2D eigenvalue weighted by atomic mass is 16.3. The topological polar surface area (TPSA) is 23.2 Å². The van der Waals surface area contributed by atoms with Crippen LogP contribution in [0.4, 0.5) is 0 Å². The number of aliphatic hydroxyl groups excluding tert-OH is 1. The van der Waals surface area contributed by atoms with Crippen molar-refractivity contribution in [2.45, 2.75) is 39.0 Å². The van der Waals surface area contributed by atoms with Crippen molar-refractivity contribution in [1.29, 1.82) is 0 Å². The van der Waals surface area contributed by atoms with Gasteiger partial charge in [-0.1, -0.05) is 6.92 Å². The number of aliphatic hydroxyl groups is 1. The van der Waals surface area contributed by atoms with Crippen LogP contribution in [0.2, 0.25) is 0 Å². The van der Waals surface area contributed by atoms with Gasteiger partial charge in [-0.15, -0.1) is 0 Å². The van der Waals surface area contributed by atoms with E-state index in [0.29, 0.717) is 0 Å². The maximum Gasteiger partial charge on any atom is 0.107 e. The van der Waals surface area contributed by atoms with E-state index in [-0.39, 0.29) is 11.8 Å². The Morgan fingerprint density at radius 2 is 2.11 bits per heavy atom. The van der Waals surface area contributed by atoms with E-state index in [0.717, 1.165) is 13.0 Å². The summed E-state index contributed by atoms with van der Waals surface area (Å²) < 4.78 is 0. The zero-order chi connectivity index (χ0) is 7.07. The molecule has 9 heavy (non-hydrogen) atoms. The SMILES string of the molecule is CCC(O)N1CC1(C)C. The van der Waals surface area contributed by atoms with Crippen molar-refractivity contribution < 1.29 is 5.11 Å². The second kappa shape index (κ2) is 1.96. The molecular formula is C7H15NO. The highest BCUT2D eigenvalue weighted by Gasteiger charge is 2.45. The minimum Gasteiger partial charge on any atom is -0.378 e. The molecule has 0 aromatic rings. The first-order valence-electron chi connectivity index (χ1n) is 3.53. The summed E-state index contributed by atoms with van der Waals surface area (Å²) in [5.41, 5.74) is 0.273. The number of hydrogen-bond acceptors (Lipinski definition) is 2. The van der Waals surface area contributed by atoms with E-state index < -0.39 is 0 Å². The predicted molar refractivity (Wildman–Crippen MR) is 37.1 cm³/mol. The summed E-state index contributed by atoms with van der Waals surface area (Å²) >= 11 is 0. The molecule has 2 unspecified atom stereocenters. The van der Waals surface area contributed by atoms with Crippen molar-refractivity contribution in [2.75, 3.05) is 6.54 Å². The van der Waals surface area contributed by atoms with E-state index in [1.165, 1.54) is 0 Å². The zero-order valence-corrected chi connectivity index (χ0v) is 6.39. The van der Waals surface area contributed by atoms with E-state index >= 15 is 0 Å². The summed E-state index contributed by atoms with van der Waals surface area (Å²) in [5.74, 6) is 0. The van der Waals surface area contributed by atoms with Crippen LogP contribution in [0.3, 0.4) is 0 Å². The van der Waals surface area contributed by atoms with Crippen LogP contribution in [0.15, 0.2) is 0 Å². The molecule has 0 saturated carbocycles. The van der Waals surface area contributed by atoms with Crippen LogP contribution in [-0.4, -0.2) is 28.3 Å². The molecule has 1 aliphatic rings. The molecule has 0 amide bonds. The van der Waals surface area contributed by atoms with E-state index in [1.807, 2.05) is 6.92 Å². The van der Waals surface area contributed by atoms with Crippen LogP contribution in [0, 0.1) is 0 Å². The number of rotatable bonds is 2. The minimum atomic E-state index is -0.208. The molecule has 0 aliphatic carbocycles. The summed E-state index contributed by atoms with van der Waals surface area (Å²) in [7, 11) is 0. The van der Waals surface area contributed by atoms with Crippen LogP contribution in [0.25, 0.3) is 0 Å². The molecule has 2 atom stereocenters. The van der Waals surface area contributed by atoms with Crippen molar-refractivity contribution in [3.05, 3.63) is 0 Å². The largest absolute Gasteiger partial charge is 0.378 e. The van der Waals surface area contributed by atoms with Gasteiger partial charge in [-0.2, -0.15) is 0 Å². The van der Waals surface area contributed by atoms with Gasteiger partial charge in [0.2, 0.25) is 0 Å². The Bertz CT molecular complexity index is 111. The first kappa shape index (κ1) is 7.03. The highest BCUT2D eigenvalue weighted by Crippen LogP contribution is 2.33. The molecule has 2 nitrogen and oxygen atoms in total. The van der Waals surface area contributed by atoms with E-state index in [4.69, 9.17) is 0 Å². The van der Waals surface area contributed by atoms with Gasteiger partial charge in [0, 0.05) is 12.1 Å². The highest BCUT2D eigenvalue weighted by molar-refractivity contribution is 5.00. The van der Waals surface area contributed by atoms with Crippen LogP contribution in [-0.2, 0) is 0 Å². The molecule has 0 aromatic carbocycles. The fraction of sp³-hybridized carbons (Fsp3) is 1.00. The van der Waals surface area contributed by atoms with Gasteiger partial charge < -0.3 is 5.11 Å². The smallest absolute Gasteiger partial charge is 0.107 e. The Kier molecular flexibility index (Phi) is 1.53. The van der Waals surface area contributed by atoms with Gasteiger partial charge in [0.05, 0.1) is 0 Å². The second-order valence-corrected chi connectivity index (χ2v) is 3.33. The van der Waals surface area contributed by atoms with Gasteiger partial charge in [-0.3, -0.25) is 4.90 Å². The standard InChI is InChI=1S/C7H15NO/c1-4-6(9)8-5-7(8,2)3/h6,9H,4-5H2,1-3H3. The lowest BCUT2D eigenvalue weighted by atomic mass is 10.2. The summed E-state index contributed by atoms with van der Waals surface area (Å²) in [6.07, 6.45) is 0.628. The third-order valence-corrected chi connectivity index (χ3v) is 1.96. The Morgan fingerprint density at radius 3 is 2.22 bits per heavy atom. The van der Waals surface area contributed by atoms with Crippen LogP contribution in [0.5, 0.6) is 0 Å². The lowest BCUT2D eigenvalue weighted by Crippen LogP contribution is -2.22. The second-order valence-electron chi connectivity index (χ2n) is 3.33. The Balaban J connectivity index is 2.33. The van der Waals surface area contributed by atoms with Crippen LogP contribution < -0.4 is 0 Å². The average molecular weight is 129 g/mol. The molecule has 0 bridgehead atoms.